The van der Waals surface area contributed by atoms with Crippen molar-refractivity contribution in [2.45, 2.75) is 5.92 Å². The van der Waals surface area contributed by atoms with Crippen molar-refractivity contribution < 1.29 is 0 Å². The van der Waals surface area contributed by atoms with Crippen molar-refractivity contribution in [3.8, 4) is 84.2 Å². The van der Waals surface area contributed by atoms with Crippen LogP contribution in [0.4, 0.5) is 5.69 Å². The second kappa shape index (κ2) is 19.1. The smallest absolute Gasteiger partial charge is 0.160 e. The molecule has 13 aromatic rings. The standard InChI is InChI=1S/C71H47N5/c1-5-17-47(18-6-1)49-29-31-51(32-30-49)58-45-61(52-35-33-50(34-36-52)48-19-7-2-8-20-48)69-62(46-58)67(54-37-39-55(40-38-54)68-66(53-21-9-3-10-22-53)60-25-13-14-26-63(60)72-68)74-70(75-69)56-41-43-57(44-42-56)71-73-64-27-15-16-28-65(64)76(71)59-23-11-4-12-24-59/h1-46,66H. The van der Waals surface area contributed by atoms with E-state index in [1.54, 1.807) is 0 Å². The summed E-state index contributed by atoms with van der Waals surface area (Å²) < 4.78 is 2.23. The van der Waals surface area contributed by atoms with E-state index < -0.39 is 0 Å². The van der Waals surface area contributed by atoms with Gasteiger partial charge in [-0.05, 0) is 98.1 Å². The average Bonchev–Trinajstić information content (AvgIpc) is 4.11. The zero-order valence-corrected chi connectivity index (χ0v) is 41.4. The van der Waals surface area contributed by atoms with Crippen LogP contribution in [0.3, 0.4) is 0 Å². The van der Waals surface area contributed by atoms with Crippen molar-refractivity contribution in [2.75, 3.05) is 0 Å². The molecule has 0 bridgehead atoms. The molecule has 0 saturated heterocycles. The number of imidazole rings is 1. The number of hydrogen-bond donors (Lipinski definition) is 0. The van der Waals surface area contributed by atoms with Gasteiger partial charge in [0.2, 0.25) is 0 Å². The summed E-state index contributed by atoms with van der Waals surface area (Å²) in [5.41, 5.74) is 22.2. The topological polar surface area (TPSA) is 56.0 Å². The van der Waals surface area contributed by atoms with E-state index in [1.165, 1.54) is 27.8 Å². The van der Waals surface area contributed by atoms with E-state index in [9.17, 15) is 0 Å². The Bertz CT molecular complexity index is 4260. The third kappa shape index (κ3) is 8.17. The molecule has 14 rings (SSSR count). The molecule has 1 unspecified atom stereocenters. The van der Waals surface area contributed by atoms with Gasteiger partial charge in [0.05, 0.1) is 39.6 Å². The Morgan fingerprint density at radius 1 is 0.342 bits per heavy atom. The molecule has 5 nitrogen and oxygen atoms in total. The summed E-state index contributed by atoms with van der Waals surface area (Å²) in [5, 5.41) is 0.962. The van der Waals surface area contributed by atoms with Gasteiger partial charge in [0.1, 0.15) is 5.82 Å². The Labute approximate surface area is 441 Å². The number of para-hydroxylation sites is 4. The first kappa shape index (κ1) is 44.6. The number of fused-ring (bicyclic) bond motifs is 3. The predicted molar refractivity (Wildman–Crippen MR) is 313 cm³/mol. The van der Waals surface area contributed by atoms with Crippen molar-refractivity contribution >= 4 is 33.3 Å². The van der Waals surface area contributed by atoms with Crippen LogP contribution in [0, 0.1) is 0 Å². The third-order valence-electron chi connectivity index (χ3n) is 14.8. The highest BCUT2D eigenvalue weighted by Crippen LogP contribution is 2.44. The molecule has 0 radical (unpaired) electrons. The van der Waals surface area contributed by atoms with Crippen LogP contribution >= 0.6 is 0 Å². The van der Waals surface area contributed by atoms with Gasteiger partial charge >= 0.3 is 0 Å². The lowest BCUT2D eigenvalue weighted by atomic mass is 9.85. The molecule has 3 heterocycles. The molecule has 5 heteroatoms. The van der Waals surface area contributed by atoms with Gasteiger partial charge in [-0.25, -0.2) is 15.0 Å². The fourth-order valence-electron chi connectivity index (χ4n) is 10.9. The van der Waals surface area contributed by atoms with Gasteiger partial charge in [-0.1, -0.05) is 237 Å². The lowest BCUT2D eigenvalue weighted by molar-refractivity contribution is 1.10. The third-order valence-corrected chi connectivity index (χ3v) is 14.8. The molecular formula is C71H47N5. The Morgan fingerprint density at radius 2 is 0.842 bits per heavy atom. The molecule has 11 aromatic carbocycles. The van der Waals surface area contributed by atoms with Gasteiger partial charge in [-0.3, -0.25) is 9.56 Å². The van der Waals surface area contributed by atoms with Gasteiger partial charge in [-0.15, -0.1) is 0 Å². The van der Waals surface area contributed by atoms with Gasteiger partial charge in [0, 0.05) is 33.3 Å². The SMILES string of the molecule is c1ccc(-c2ccc(-c3cc(-c4ccc(-c5ccccc5)cc4)c4nc(-c5ccc(-c6nc7ccccc7n6-c6ccccc6)cc5)nc(-c5ccc(C6=Nc7ccccc7C6c6ccccc6)cc5)c4c3)cc2)cc1. The van der Waals surface area contributed by atoms with Crippen LogP contribution in [0.15, 0.2) is 284 Å². The molecule has 0 amide bonds. The normalized spacial score (nSPS) is 12.9. The van der Waals surface area contributed by atoms with Crippen LogP contribution in [-0.4, -0.2) is 25.2 Å². The molecule has 0 aliphatic carbocycles. The number of aliphatic imine (C=N–C) groups is 1. The average molecular weight is 970 g/mol. The maximum atomic E-state index is 5.58. The zero-order valence-electron chi connectivity index (χ0n) is 41.4. The molecule has 0 saturated carbocycles. The van der Waals surface area contributed by atoms with Gasteiger partial charge < -0.3 is 0 Å². The first-order valence-corrected chi connectivity index (χ1v) is 25.8. The molecule has 1 atom stereocenters. The first-order valence-electron chi connectivity index (χ1n) is 25.8. The second-order valence-corrected chi connectivity index (χ2v) is 19.4. The Morgan fingerprint density at radius 3 is 1.51 bits per heavy atom. The number of nitrogens with zero attached hydrogens (tertiary/aromatic N) is 5. The minimum Gasteiger partial charge on any atom is -0.292 e. The fourth-order valence-corrected chi connectivity index (χ4v) is 10.9. The van der Waals surface area contributed by atoms with Crippen molar-refractivity contribution in [1.82, 2.24) is 19.5 Å². The monoisotopic (exact) mass is 969 g/mol. The lowest BCUT2D eigenvalue weighted by Gasteiger charge is -2.17. The summed E-state index contributed by atoms with van der Waals surface area (Å²) in [6.07, 6.45) is 0. The van der Waals surface area contributed by atoms with E-state index in [0.29, 0.717) is 5.82 Å². The predicted octanol–water partition coefficient (Wildman–Crippen LogP) is 17.9. The minimum absolute atomic E-state index is 0.0218. The largest absolute Gasteiger partial charge is 0.292 e. The van der Waals surface area contributed by atoms with Crippen LogP contribution in [0.5, 0.6) is 0 Å². The maximum absolute atomic E-state index is 5.58. The minimum atomic E-state index is 0.0218. The summed E-state index contributed by atoms with van der Waals surface area (Å²) in [6, 6.07) is 98.8. The Balaban J connectivity index is 0.947. The Hall–Kier alpha value is -10.1. The Kier molecular flexibility index (Phi) is 11.2. The van der Waals surface area contributed by atoms with E-state index in [1.807, 2.05) is 12.1 Å². The highest BCUT2D eigenvalue weighted by Gasteiger charge is 2.30. The molecule has 2 aromatic heterocycles. The van der Waals surface area contributed by atoms with Gasteiger partial charge in [0.25, 0.3) is 0 Å². The first-order chi connectivity index (χ1) is 37.7. The molecule has 0 spiro atoms. The highest BCUT2D eigenvalue weighted by molar-refractivity contribution is 6.12. The lowest BCUT2D eigenvalue weighted by Crippen LogP contribution is -2.11. The van der Waals surface area contributed by atoms with Crippen molar-refractivity contribution in [1.29, 1.82) is 0 Å². The van der Waals surface area contributed by atoms with E-state index in [4.69, 9.17) is 19.9 Å². The summed E-state index contributed by atoms with van der Waals surface area (Å²) in [5.74, 6) is 1.53. The maximum Gasteiger partial charge on any atom is 0.160 e. The molecule has 1 aliphatic rings. The van der Waals surface area contributed by atoms with E-state index >= 15 is 0 Å². The molecule has 0 fully saturated rings. The van der Waals surface area contributed by atoms with Crippen LogP contribution in [-0.2, 0) is 0 Å². The summed E-state index contributed by atoms with van der Waals surface area (Å²) in [6.45, 7) is 0. The van der Waals surface area contributed by atoms with E-state index in [-0.39, 0.29) is 5.92 Å². The highest BCUT2D eigenvalue weighted by atomic mass is 15.1. The summed E-state index contributed by atoms with van der Waals surface area (Å²) in [4.78, 5) is 21.6. The quantitative estimate of drug-likeness (QED) is 0.137. The van der Waals surface area contributed by atoms with Crippen LogP contribution < -0.4 is 0 Å². The summed E-state index contributed by atoms with van der Waals surface area (Å²) in [7, 11) is 0. The molecule has 1 aliphatic heterocycles. The van der Waals surface area contributed by atoms with Crippen LogP contribution in [0.1, 0.15) is 22.6 Å². The van der Waals surface area contributed by atoms with Gasteiger partial charge in [-0.2, -0.15) is 0 Å². The summed E-state index contributed by atoms with van der Waals surface area (Å²) >= 11 is 0. The number of benzene rings is 11. The second-order valence-electron chi connectivity index (χ2n) is 19.4. The van der Waals surface area contributed by atoms with Crippen molar-refractivity contribution in [2.24, 2.45) is 4.99 Å². The number of rotatable bonds is 10. The van der Waals surface area contributed by atoms with Crippen molar-refractivity contribution in [3.05, 3.63) is 296 Å². The van der Waals surface area contributed by atoms with E-state index in [2.05, 4.69) is 271 Å². The van der Waals surface area contributed by atoms with Gasteiger partial charge in [0.15, 0.2) is 5.82 Å². The molecule has 76 heavy (non-hydrogen) atoms. The van der Waals surface area contributed by atoms with E-state index in [0.717, 1.165) is 101 Å². The molecular weight excluding hydrogens is 923 g/mol. The molecule has 356 valence electrons. The zero-order chi connectivity index (χ0) is 50.4. The van der Waals surface area contributed by atoms with Crippen molar-refractivity contribution in [3.63, 3.8) is 0 Å². The number of aromatic nitrogens is 4. The van der Waals surface area contributed by atoms with Crippen LogP contribution in [0.25, 0.3) is 106 Å². The number of hydrogen-bond acceptors (Lipinski definition) is 4. The fraction of sp³-hybridized carbons (Fsp3) is 0.0141. The molecule has 0 N–H and O–H groups in total. The van der Waals surface area contributed by atoms with Crippen LogP contribution in [0.2, 0.25) is 0 Å².